The SMILES string of the molecule is c1ccc(-c2nc(-c3ccccc3)c3sc4cccc(-c5ccc(-n6c7ccccc7c7ccccc76)cc5)c4c3n2)cc1. The van der Waals surface area contributed by atoms with Gasteiger partial charge in [-0.15, -0.1) is 11.3 Å². The van der Waals surface area contributed by atoms with Crippen LogP contribution in [0.5, 0.6) is 0 Å². The van der Waals surface area contributed by atoms with E-state index < -0.39 is 0 Å². The third kappa shape index (κ3) is 3.89. The predicted molar refractivity (Wildman–Crippen MR) is 186 cm³/mol. The van der Waals surface area contributed by atoms with Crippen molar-refractivity contribution in [3.05, 3.63) is 152 Å². The summed E-state index contributed by atoms with van der Waals surface area (Å²) in [6, 6.07) is 53.6. The van der Waals surface area contributed by atoms with Crippen molar-refractivity contribution in [3.8, 4) is 39.5 Å². The van der Waals surface area contributed by atoms with Crippen molar-refractivity contribution in [3.63, 3.8) is 0 Å². The number of nitrogens with zero attached hydrogens (tertiary/aromatic N) is 3. The number of hydrogen-bond donors (Lipinski definition) is 0. The first-order valence-corrected chi connectivity index (χ1v) is 15.6. The van der Waals surface area contributed by atoms with Crippen LogP contribution in [0.4, 0.5) is 0 Å². The van der Waals surface area contributed by atoms with Gasteiger partial charge in [-0.1, -0.05) is 121 Å². The molecule has 6 aromatic carbocycles. The fraction of sp³-hybridized carbons (Fsp3) is 0. The molecule has 0 bridgehead atoms. The fourth-order valence-electron chi connectivity index (χ4n) is 6.43. The van der Waals surface area contributed by atoms with Gasteiger partial charge < -0.3 is 4.57 Å². The number of aromatic nitrogens is 3. The number of rotatable bonds is 4. The van der Waals surface area contributed by atoms with E-state index in [9.17, 15) is 0 Å². The summed E-state index contributed by atoms with van der Waals surface area (Å²) >= 11 is 1.77. The minimum Gasteiger partial charge on any atom is -0.309 e. The Morgan fingerprint density at radius 2 is 1.09 bits per heavy atom. The maximum atomic E-state index is 5.23. The second-order valence-corrected chi connectivity index (χ2v) is 12.1. The molecule has 0 spiro atoms. The van der Waals surface area contributed by atoms with Gasteiger partial charge in [0.25, 0.3) is 0 Å². The van der Waals surface area contributed by atoms with Crippen LogP contribution in [0.1, 0.15) is 0 Å². The third-order valence-electron chi connectivity index (χ3n) is 8.44. The molecular weight excluding hydrogens is 555 g/mol. The van der Waals surface area contributed by atoms with Gasteiger partial charge in [0.2, 0.25) is 0 Å². The van der Waals surface area contributed by atoms with E-state index >= 15 is 0 Å². The molecule has 0 atom stereocenters. The number of hydrogen-bond acceptors (Lipinski definition) is 3. The number of para-hydroxylation sites is 2. The van der Waals surface area contributed by atoms with E-state index in [1.807, 2.05) is 24.3 Å². The molecule has 0 fully saturated rings. The highest BCUT2D eigenvalue weighted by atomic mass is 32.1. The average molecular weight is 580 g/mol. The van der Waals surface area contributed by atoms with Gasteiger partial charge in [-0.05, 0) is 41.5 Å². The minimum atomic E-state index is 0.744. The van der Waals surface area contributed by atoms with E-state index in [0.717, 1.165) is 38.5 Å². The van der Waals surface area contributed by atoms with E-state index in [1.54, 1.807) is 11.3 Å². The summed E-state index contributed by atoms with van der Waals surface area (Å²) in [6.45, 7) is 0. The van der Waals surface area contributed by atoms with E-state index in [-0.39, 0.29) is 0 Å². The van der Waals surface area contributed by atoms with E-state index in [0.29, 0.717) is 0 Å². The zero-order valence-corrected chi connectivity index (χ0v) is 24.5. The Hall–Kier alpha value is -5.58. The lowest BCUT2D eigenvalue weighted by molar-refractivity contribution is 1.18. The fourth-order valence-corrected chi connectivity index (χ4v) is 7.61. The molecule has 0 aliphatic rings. The lowest BCUT2D eigenvalue weighted by Crippen LogP contribution is -1.94. The topological polar surface area (TPSA) is 30.7 Å². The molecule has 3 nitrogen and oxygen atoms in total. The molecule has 206 valence electrons. The average Bonchev–Trinajstić information content (AvgIpc) is 3.65. The third-order valence-corrected chi connectivity index (χ3v) is 9.59. The summed E-state index contributed by atoms with van der Waals surface area (Å²) in [4.78, 5) is 10.4. The van der Waals surface area contributed by atoms with Crippen LogP contribution in [-0.4, -0.2) is 14.5 Å². The molecule has 9 aromatic rings. The first-order chi connectivity index (χ1) is 21.8. The molecule has 4 heteroatoms. The van der Waals surface area contributed by atoms with Crippen LogP contribution < -0.4 is 0 Å². The summed E-state index contributed by atoms with van der Waals surface area (Å²) in [5, 5.41) is 3.71. The zero-order chi connectivity index (χ0) is 29.0. The Labute approximate surface area is 258 Å². The van der Waals surface area contributed by atoms with Gasteiger partial charge >= 0.3 is 0 Å². The Morgan fingerprint density at radius 1 is 0.477 bits per heavy atom. The van der Waals surface area contributed by atoms with Crippen molar-refractivity contribution < 1.29 is 0 Å². The lowest BCUT2D eigenvalue weighted by Gasteiger charge is -2.10. The molecule has 3 aromatic heterocycles. The Morgan fingerprint density at radius 3 is 1.77 bits per heavy atom. The van der Waals surface area contributed by atoms with Gasteiger partial charge in [0.05, 0.1) is 26.9 Å². The molecule has 0 N–H and O–H groups in total. The molecule has 44 heavy (non-hydrogen) atoms. The van der Waals surface area contributed by atoms with Crippen molar-refractivity contribution in [1.29, 1.82) is 0 Å². The van der Waals surface area contributed by atoms with Crippen molar-refractivity contribution in [2.45, 2.75) is 0 Å². The van der Waals surface area contributed by atoms with Gasteiger partial charge in [0.15, 0.2) is 5.82 Å². The minimum absolute atomic E-state index is 0.744. The highest BCUT2D eigenvalue weighted by Crippen LogP contribution is 2.43. The molecule has 9 rings (SSSR count). The van der Waals surface area contributed by atoms with Crippen molar-refractivity contribution in [1.82, 2.24) is 14.5 Å². The van der Waals surface area contributed by atoms with Crippen molar-refractivity contribution in [2.75, 3.05) is 0 Å². The molecule has 0 aliphatic heterocycles. The first-order valence-electron chi connectivity index (χ1n) is 14.8. The smallest absolute Gasteiger partial charge is 0.160 e. The van der Waals surface area contributed by atoms with Crippen LogP contribution in [0.2, 0.25) is 0 Å². The van der Waals surface area contributed by atoms with Gasteiger partial charge in [-0.25, -0.2) is 9.97 Å². The second-order valence-electron chi connectivity index (χ2n) is 11.0. The Balaban J connectivity index is 1.25. The molecule has 0 radical (unpaired) electrons. The van der Waals surface area contributed by atoms with Crippen LogP contribution in [0.3, 0.4) is 0 Å². The van der Waals surface area contributed by atoms with E-state index in [1.165, 1.54) is 43.0 Å². The molecule has 0 amide bonds. The number of benzene rings is 6. The standard InChI is InChI=1S/C40H25N3S/c1-3-12-27(13-4-1)37-39-38(42-40(41-37)28-14-5-2-6-15-28)36-30(18-11-21-35(36)44-39)26-22-24-29(25-23-26)43-33-19-9-7-16-31(33)32-17-8-10-20-34(32)43/h1-25H. The zero-order valence-electron chi connectivity index (χ0n) is 23.7. The van der Waals surface area contributed by atoms with Crippen LogP contribution >= 0.6 is 11.3 Å². The highest BCUT2D eigenvalue weighted by Gasteiger charge is 2.19. The van der Waals surface area contributed by atoms with E-state index in [2.05, 4.69) is 132 Å². The largest absolute Gasteiger partial charge is 0.309 e. The molecule has 0 aliphatic carbocycles. The summed E-state index contributed by atoms with van der Waals surface area (Å²) in [5.41, 5.74) is 10.0. The highest BCUT2D eigenvalue weighted by molar-refractivity contribution is 7.26. The summed E-state index contributed by atoms with van der Waals surface area (Å²) < 4.78 is 4.68. The Kier molecular flexibility index (Phi) is 5.68. The lowest BCUT2D eigenvalue weighted by atomic mass is 10.00. The molecular formula is C40H25N3S. The van der Waals surface area contributed by atoms with Crippen LogP contribution in [0, 0.1) is 0 Å². The van der Waals surface area contributed by atoms with Gasteiger partial charge in [-0.2, -0.15) is 0 Å². The summed E-state index contributed by atoms with van der Waals surface area (Å²) in [6.07, 6.45) is 0. The van der Waals surface area contributed by atoms with Gasteiger partial charge in [0.1, 0.15) is 0 Å². The summed E-state index contributed by atoms with van der Waals surface area (Å²) in [5.74, 6) is 0.744. The van der Waals surface area contributed by atoms with Crippen molar-refractivity contribution >= 4 is 53.4 Å². The van der Waals surface area contributed by atoms with Crippen molar-refractivity contribution in [2.24, 2.45) is 0 Å². The van der Waals surface area contributed by atoms with Crippen LogP contribution in [-0.2, 0) is 0 Å². The second kappa shape index (κ2) is 10.0. The van der Waals surface area contributed by atoms with Crippen LogP contribution in [0.15, 0.2) is 152 Å². The Bertz CT molecular complexity index is 2420. The maximum Gasteiger partial charge on any atom is 0.160 e. The van der Waals surface area contributed by atoms with Crippen LogP contribution in [0.25, 0.3) is 81.6 Å². The van der Waals surface area contributed by atoms with Gasteiger partial charge in [-0.3, -0.25) is 0 Å². The molecule has 0 saturated carbocycles. The number of fused-ring (bicyclic) bond motifs is 6. The van der Waals surface area contributed by atoms with Gasteiger partial charge in [0, 0.05) is 37.7 Å². The molecule has 3 heterocycles. The number of thiophene rings is 1. The summed E-state index contributed by atoms with van der Waals surface area (Å²) in [7, 11) is 0. The molecule has 0 unspecified atom stereocenters. The van der Waals surface area contributed by atoms with E-state index in [4.69, 9.17) is 9.97 Å². The quantitative estimate of drug-likeness (QED) is 0.208. The normalized spacial score (nSPS) is 11.6. The monoisotopic (exact) mass is 579 g/mol. The molecule has 0 saturated heterocycles. The predicted octanol–water partition coefficient (Wildman–Crippen LogP) is 10.9. The maximum absolute atomic E-state index is 5.23. The first kappa shape index (κ1) is 25.0.